The van der Waals surface area contributed by atoms with Crippen molar-refractivity contribution in [3.05, 3.63) is 42.5 Å². The monoisotopic (exact) mass is 318 g/mol. The van der Waals surface area contributed by atoms with Crippen LogP contribution in [0.15, 0.2) is 42.5 Å². The van der Waals surface area contributed by atoms with E-state index in [9.17, 15) is 15.0 Å². The van der Waals surface area contributed by atoms with E-state index in [2.05, 4.69) is 17.4 Å². The molecular weight excluding hydrogens is 292 g/mol. The Labute approximate surface area is 137 Å². The van der Waals surface area contributed by atoms with Crippen LogP contribution in [0.4, 0.5) is 5.69 Å². The smallest absolute Gasteiger partial charge is 0.322 e. The molecule has 5 nitrogen and oxygen atoms in total. The number of aliphatic carboxylic acids is 1. The van der Waals surface area contributed by atoms with Gasteiger partial charge in [-0.3, -0.25) is 4.79 Å². The lowest BCUT2D eigenvalue weighted by Gasteiger charge is -2.29. The fourth-order valence-corrected chi connectivity index (χ4v) is 3.06. The van der Waals surface area contributed by atoms with Gasteiger partial charge in [0.2, 0.25) is 0 Å². The van der Waals surface area contributed by atoms with Crippen molar-refractivity contribution < 1.29 is 15.0 Å². The Hall–Kier alpha value is -1.85. The number of nitrogens with one attached hydrogen (secondary N) is 2. The van der Waals surface area contributed by atoms with Gasteiger partial charge < -0.3 is 15.6 Å². The Balaban J connectivity index is 1.87. The van der Waals surface area contributed by atoms with Crippen molar-refractivity contribution in [1.82, 2.24) is 5.43 Å². The Morgan fingerprint density at radius 1 is 1.22 bits per heavy atom. The summed E-state index contributed by atoms with van der Waals surface area (Å²) in [5.41, 5.74) is 7.08. The number of hydrazine groups is 1. The molecule has 2 atom stereocenters. The minimum atomic E-state index is -0.967. The van der Waals surface area contributed by atoms with Gasteiger partial charge in [-0.05, 0) is 42.9 Å². The summed E-state index contributed by atoms with van der Waals surface area (Å²) >= 11 is 0. The molecule has 0 spiro atoms. The summed E-state index contributed by atoms with van der Waals surface area (Å²) in [6, 6.07) is 8.48. The quantitative estimate of drug-likeness (QED) is 0.438. The second-order valence-electron chi connectivity index (χ2n) is 6.23. The van der Waals surface area contributed by atoms with Crippen LogP contribution in [0.2, 0.25) is 0 Å². The largest absolute Gasteiger partial charge is 0.480 e. The molecule has 0 heterocycles. The first-order valence-electron chi connectivity index (χ1n) is 8.23. The number of aliphatic hydroxyl groups excluding tert-OH is 1. The number of anilines is 1. The molecule has 0 saturated heterocycles. The molecule has 0 amide bonds. The molecule has 0 aromatic heterocycles. The molecule has 2 rings (SSSR count). The van der Waals surface area contributed by atoms with E-state index in [1.807, 2.05) is 30.3 Å². The zero-order valence-corrected chi connectivity index (χ0v) is 13.4. The van der Waals surface area contributed by atoms with Gasteiger partial charge in [0.25, 0.3) is 0 Å². The lowest BCUT2D eigenvalue weighted by molar-refractivity contribution is -0.139. The molecule has 2 unspecified atom stereocenters. The predicted octanol–water partition coefficient (Wildman–Crippen LogP) is 2.94. The Bertz CT molecular complexity index is 512. The third kappa shape index (κ3) is 5.37. The van der Waals surface area contributed by atoms with Gasteiger partial charge in [0, 0.05) is 5.69 Å². The maximum Gasteiger partial charge on any atom is 0.322 e. The van der Waals surface area contributed by atoms with Crippen LogP contribution in [0, 0.1) is 5.92 Å². The number of rotatable bonds is 8. The highest BCUT2D eigenvalue weighted by molar-refractivity contribution is 5.74. The van der Waals surface area contributed by atoms with Crippen molar-refractivity contribution in [2.24, 2.45) is 5.92 Å². The van der Waals surface area contributed by atoms with E-state index in [0.29, 0.717) is 5.57 Å². The maximum atomic E-state index is 11.4. The van der Waals surface area contributed by atoms with E-state index < -0.39 is 18.1 Å². The zero-order valence-electron chi connectivity index (χ0n) is 13.4. The van der Waals surface area contributed by atoms with Gasteiger partial charge in [0.05, 0.1) is 6.10 Å². The number of para-hydroxylation sites is 1. The van der Waals surface area contributed by atoms with Gasteiger partial charge in [-0.1, -0.05) is 44.0 Å². The average Bonchev–Trinajstić information content (AvgIpc) is 2.59. The lowest BCUT2D eigenvalue weighted by atomic mass is 9.82. The normalized spacial score (nSPS) is 18.1. The molecule has 5 heteroatoms. The van der Waals surface area contributed by atoms with Gasteiger partial charge in [-0.15, -0.1) is 0 Å². The molecule has 1 saturated carbocycles. The second kappa shape index (κ2) is 8.70. The molecular formula is C18H26N2O3. The number of hydrogen-bond donors (Lipinski definition) is 4. The molecule has 1 fully saturated rings. The Morgan fingerprint density at radius 2 is 1.87 bits per heavy atom. The van der Waals surface area contributed by atoms with Gasteiger partial charge in [-0.25, -0.2) is 5.43 Å². The Kier molecular flexibility index (Phi) is 6.62. The molecule has 23 heavy (non-hydrogen) atoms. The molecule has 1 aromatic rings. The minimum Gasteiger partial charge on any atom is -0.480 e. The van der Waals surface area contributed by atoms with Crippen LogP contribution in [-0.2, 0) is 4.79 Å². The molecule has 4 N–H and O–H groups in total. The van der Waals surface area contributed by atoms with Crippen molar-refractivity contribution in [1.29, 1.82) is 0 Å². The molecule has 0 aliphatic heterocycles. The number of carboxylic acid groups (broad SMARTS) is 1. The van der Waals surface area contributed by atoms with Crippen molar-refractivity contribution in [3.63, 3.8) is 0 Å². The van der Waals surface area contributed by atoms with Gasteiger partial charge in [0.15, 0.2) is 0 Å². The summed E-state index contributed by atoms with van der Waals surface area (Å²) in [6.07, 6.45) is 5.05. The summed E-state index contributed by atoms with van der Waals surface area (Å²) in [5.74, 6) is -0.752. The van der Waals surface area contributed by atoms with Crippen molar-refractivity contribution in [3.8, 4) is 0 Å². The fraction of sp³-hybridized carbons (Fsp3) is 0.500. The van der Waals surface area contributed by atoms with E-state index in [-0.39, 0.29) is 12.3 Å². The summed E-state index contributed by atoms with van der Waals surface area (Å²) < 4.78 is 0. The van der Waals surface area contributed by atoms with Crippen LogP contribution in [0.1, 0.15) is 38.5 Å². The van der Waals surface area contributed by atoms with Crippen LogP contribution < -0.4 is 10.9 Å². The molecule has 0 radical (unpaired) electrons. The zero-order chi connectivity index (χ0) is 16.7. The van der Waals surface area contributed by atoms with Gasteiger partial charge in [0.1, 0.15) is 6.04 Å². The summed E-state index contributed by atoms with van der Waals surface area (Å²) in [7, 11) is 0. The fourth-order valence-electron chi connectivity index (χ4n) is 3.06. The maximum absolute atomic E-state index is 11.4. The molecule has 1 aromatic carbocycles. The summed E-state index contributed by atoms with van der Waals surface area (Å²) in [6.45, 7) is 3.93. The van der Waals surface area contributed by atoms with Crippen molar-refractivity contribution in [2.45, 2.75) is 50.7 Å². The minimum absolute atomic E-state index is 0.201. The molecule has 126 valence electrons. The van der Waals surface area contributed by atoms with E-state index in [0.717, 1.165) is 31.4 Å². The SMILES string of the molecule is C=C(CC(NNc1ccccc1)C(=O)O)C(O)C1CCCCC1. The van der Waals surface area contributed by atoms with E-state index in [1.165, 1.54) is 6.42 Å². The third-order valence-electron chi connectivity index (χ3n) is 4.44. The molecule has 1 aliphatic carbocycles. The first-order valence-corrected chi connectivity index (χ1v) is 8.23. The molecule has 0 bridgehead atoms. The van der Waals surface area contributed by atoms with Crippen LogP contribution in [-0.4, -0.2) is 28.3 Å². The van der Waals surface area contributed by atoms with E-state index in [4.69, 9.17) is 0 Å². The second-order valence-corrected chi connectivity index (χ2v) is 6.23. The topological polar surface area (TPSA) is 81.6 Å². The number of carboxylic acids is 1. The third-order valence-corrected chi connectivity index (χ3v) is 4.44. The number of benzene rings is 1. The number of hydrogen-bond acceptors (Lipinski definition) is 4. The van der Waals surface area contributed by atoms with Crippen LogP contribution in [0.5, 0.6) is 0 Å². The lowest BCUT2D eigenvalue weighted by Crippen LogP contribution is -2.41. The van der Waals surface area contributed by atoms with Gasteiger partial charge >= 0.3 is 5.97 Å². The first kappa shape index (κ1) is 17.5. The Morgan fingerprint density at radius 3 is 2.48 bits per heavy atom. The standard InChI is InChI=1S/C18H26N2O3/c1-13(17(21)14-8-4-2-5-9-14)12-16(18(22)23)20-19-15-10-6-3-7-11-15/h3,6-7,10-11,14,16-17,19-21H,1-2,4-5,8-9,12H2,(H,22,23). The summed E-state index contributed by atoms with van der Waals surface area (Å²) in [5, 5.41) is 19.8. The van der Waals surface area contributed by atoms with Crippen LogP contribution >= 0.6 is 0 Å². The highest BCUT2D eigenvalue weighted by Gasteiger charge is 2.27. The predicted molar refractivity (Wildman–Crippen MR) is 91.0 cm³/mol. The van der Waals surface area contributed by atoms with Gasteiger partial charge in [-0.2, -0.15) is 0 Å². The highest BCUT2D eigenvalue weighted by Crippen LogP contribution is 2.30. The van der Waals surface area contributed by atoms with Crippen molar-refractivity contribution >= 4 is 11.7 Å². The van der Waals surface area contributed by atoms with E-state index >= 15 is 0 Å². The summed E-state index contributed by atoms with van der Waals surface area (Å²) in [4.78, 5) is 11.4. The van der Waals surface area contributed by atoms with Crippen LogP contribution in [0.3, 0.4) is 0 Å². The highest BCUT2D eigenvalue weighted by atomic mass is 16.4. The number of carbonyl (C=O) groups is 1. The molecule has 1 aliphatic rings. The first-order chi connectivity index (χ1) is 11.1. The number of aliphatic hydroxyl groups is 1. The average molecular weight is 318 g/mol. The van der Waals surface area contributed by atoms with Crippen LogP contribution in [0.25, 0.3) is 0 Å². The van der Waals surface area contributed by atoms with E-state index in [1.54, 1.807) is 0 Å². The van der Waals surface area contributed by atoms with Crippen molar-refractivity contribution in [2.75, 3.05) is 5.43 Å².